The Morgan fingerprint density at radius 1 is 1.21 bits per heavy atom. The molecule has 0 fully saturated rings. The second kappa shape index (κ2) is 4.94. The van der Waals surface area contributed by atoms with E-state index < -0.39 is 0 Å². The van der Waals surface area contributed by atoms with E-state index in [2.05, 4.69) is 32.2 Å². The molecule has 2 aromatic rings. The maximum atomic E-state index is 2.27. The van der Waals surface area contributed by atoms with Crippen LogP contribution in [0.3, 0.4) is 0 Å². The summed E-state index contributed by atoms with van der Waals surface area (Å²) in [5.74, 6) is 0.667. The molecule has 2 heterocycles. The number of fused-ring (bicyclic) bond motifs is 1. The van der Waals surface area contributed by atoms with Crippen molar-refractivity contribution in [3.8, 4) is 0 Å². The highest BCUT2D eigenvalue weighted by atomic mass is 32.1. The first-order valence-corrected chi connectivity index (χ1v) is 6.86. The van der Waals surface area contributed by atoms with Crippen LogP contribution in [0.15, 0.2) is 11.4 Å². The number of thiophene rings is 2. The Bertz CT molecular complexity index is 393. The van der Waals surface area contributed by atoms with Gasteiger partial charge < -0.3 is 0 Å². The van der Waals surface area contributed by atoms with Crippen LogP contribution in [0.1, 0.15) is 43.4 Å². The number of aryl methyl sites for hydroxylation is 1. The van der Waals surface area contributed by atoms with Crippen molar-refractivity contribution in [3.63, 3.8) is 0 Å². The van der Waals surface area contributed by atoms with Crippen molar-refractivity contribution in [2.75, 3.05) is 0 Å². The lowest BCUT2D eigenvalue weighted by Crippen LogP contribution is -1.79. The Hall–Kier alpha value is -0.340. The summed E-state index contributed by atoms with van der Waals surface area (Å²) in [5.41, 5.74) is 0. The van der Waals surface area contributed by atoms with Gasteiger partial charge in [0.25, 0.3) is 0 Å². The Morgan fingerprint density at radius 2 is 1.86 bits per heavy atom. The summed E-state index contributed by atoms with van der Waals surface area (Å²) in [7, 11) is 0. The van der Waals surface area contributed by atoms with Crippen LogP contribution in [0.2, 0.25) is 0 Å². The summed E-state index contributed by atoms with van der Waals surface area (Å²) in [4.78, 5) is 3.02. The number of hydrogen-bond acceptors (Lipinski definition) is 2. The third-order valence-electron chi connectivity index (χ3n) is 2.04. The van der Waals surface area contributed by atoms with Crippen LogP contribution in [-0.2, 0) is 0 Å². The summed E-state index contributed by atoms with van der Waals surface area (Å²) in [6.45, 7) is 10.8. The van der Waals surface area contributed by atoms with Crippen molar-refractivity contribution in [3.05, 3.63) is 21.2 Å². The highest BCUT2D eigenvalue weighted by molar-refractivity contribution is 7.23. The molecule has 0 nitrogen and oxygen atoms in total. The van der Waals surface area contributed by atoms with Gasteiger partial charge in [0.1, 0.15) is 0 Å². The predicted octanol–water partition coefficient (Wildman–Crippen LogP) is 5.42. The molecule has 2 aromatic heterocycles. The molecule has 0 atom stereocenters. The van der Waals surface area contributed by atoms with Crippen LogP contribution >= 0.6 is 22.7 Å². The van der Waals surface area contributed by atoms with E-state index in [9.17, 15) is 0 Å². The molecule has 0 radical (unpaired) electrons. The number of rotatable bonds is 1. The molecule has 0 aliphatic heterocycles. The highest BCUT2D eigenvalue weighted by Gasteiger charge is 2.11. The number of hydrogen-bond donors (Lipinski definition) is 0. The molecular weight excluding hydrogens is 208 g/mol. The Balaban J connectivity index is 0.000000461. The lowest BCUT2D eigenvalue weighted by atomic mass is 10.1. The second-order valence-corrected chi connectivity index (χ2v) is 5.51. The Morgan fingerprint density at radius 3 is 2.43 bits per heavy atom. The largest absolute Gasteiger partial charge is 0.143 e. The average Bonchev–Trinajstić information content (AvgIpc) is 2.73. The van der Waals surface area contributed by atoms with E-state index >= 15 is 0 Å². The highest BCUT2D eigenvalue weighted by Crippen LogP contribution is 2.38. The van der Waals surface area contributed by atoms with Crippen LogP contribution in [-0.4, -0.2) is 0 Å². The summed E-state index contributed by atoms with van der Waals surface area (Å²) < 4.78 is 1.49. The van der Waals surface area contributed by atoms with Gasteiger partial charge in [0.05, 0.1) is 0 Å². The van der Waals surface area contributed by atoms with Gasteiger partial charge in [-0.15, -0.1) is 22.7 Å². The van der Waals surface area contributed by atoms with Crippen LogP contribution in [0, 0.1) is 6.92 Å². The van der Waals surface area contributed by atoms with E-state index in [0.29, 0.717) is 5.92 Å². The molecule has 78 valence electrons. The van der Waals surface area contributed by atoms with Crippen molar-refractivity contribution in [1.29, 1.82) is 0 Å². The van der Waals surface area contributed by atoms with E-state index in [0.717, 1.165) is 0 Å². The summed E-state index contributed by atoms with van der Waals surface area (Å²) >= 11 is 3.82. The molecule has 0 saturated heterocycles. The molecule has 0 saturated carbocycles. The molecule has 2 heteroatoms. The Labute approximate surface area is 94.6 Å². The van der Waals surface area contributed by atoms with E-state index in [-0.39, 0.29) is 0 Å². The molecule has 0 amide bonds. The van der Waals surface area contributed by atoms with E-state index in [1.165, 1.54) is 15.0 Å². The van der Waals surface area contributed by atoms with Gasteiger partial charge in [0.15, 0.2) is 0 Å². The van der Waals surface area contributed by atoms with Crippen LogP contribution in [0.25, 0.3) is 10.1 Å². The topological polar surface area (TPSA) is 0 Å². The minimum absolute atomic E-state index is 0.667. The first kappa shape index (κ1) is 11.7. The maximum Gasteiger partial charge on any atom is 0.0481 e. The van der Waals surface area contributed by atoms with E-state index in [4.69, 9.17) is 0 Å². The molecule has 0 N–H and O–H groups in total. The second-order valence-electron chi connectivity index (χ2n) is 3.34. The van der Waals surface area contributed by atoms with Gasteiger partial charge in [-0.05, 0) is 24.3 Å². The molecule has 0 spiro atoms. The van der Waals surface area contributed by atoms with Crippen molar-refractivity contribution >= 4 is 32.8 Å². The van der Waals surface area contributed by atoms with Crippen molar-refractivity contribution in [2.24, 2.45) is 0 Å². The van der Waals surface area contributed by atoms with Crippen LogP contribution < -0.4 is 0 Å². The smallest absolute Gasteiger partial charge is 0.0481 e. The zero-order valence-corrected chi connectivity index (χ0v) is 11.2. The van der Waals surface area contributed by atoms with Crippen molar-refractivity contribution < 1.29 is 0 Å². The normalized spacial score (nSPS) is 10.4. The molecule has 0 aromatic carbocycles. The molecule has 2 rings (SSSR count). The van der Waals surface area contributed by atoms with Gasteiger partial charge in [-0.25, -0.2) is 0 Å². The fraction of sp³-hybridized carbons (Fsp3) is 0.500. The zero-order chi connectivity index (χ0) is 10.7. The third-order valence-corrected chi connectivity index (χ3v) is 4.62. The summed E-state index contributed by atoms with van der Waals surface area (Å²) in [5, 5.41) is 3.67. The third kappa shape index (κ3) is 2.01. The molecule has 14 heavy (non-hydrogen) atoms. The van der Waals surface area contributed by atoms with Gasteiger partial charge in [0, 0.05) is 19.8 Å². The fourth-order valence-electron chi connectivity index (χ4n) is 1.47. The van der Waals surface area contributed by atoms with Crippen LogP contribution in [0.4, 0.5) is 0 Å². The van der Waals surface area contributed by atoms with Gasteiger partial charge in [-0.1, -0.05) is 27.7 Å². The van der Waals surface area contributed by atoms with E-state index in [1.807, 2.05) is 36.5 Å². The first-order valence-electron chi connectivity index (χ1n) is 5.16. The first-order chi connectivity index (χ1) is 6.70. The Kier molecular flexibility index (Phi) is 4.14. The van der Waals surface area contributed by atoms with Crippen molar-refractivity contribution in [2.45, 2.75) is 40.5 Å². The minimum Gasteiger partial charge on any atom is -0.143 e. The summed E-state index contributed by atoms with van der Waals surface area (Å²) in [6.07, 6.45) is 0. The molecule has 0 aliphatic rings. The van der Waals surface area contributed by atoms with Crippen LogP contribution in [0.5, 0.6) is 0 Å². The average molecular weight is 226 g/mol. The zero-order valence-electron chi connectivity index (χ0n) is 9.55. The van der Waals surface area contributed by atoms with Gasteiger partial charge >= 0.3 is 0 Å². The van der Waals surface area contributed by atoms with Gasteiger partial charge in [0.2, 0.25) is 0 Å². The molecular formula is C12H18S2. The lowest BCUT2D eigenvalue weighted by molar-refractivity contribution is 0.897. The molecule has 0 aliphatic carbocycles. The lowest BCUT2D eigenvalue weighted by Gasteiger charge is -1.98. The predicted molar refractivity (Wildman–Crippen MR) is 69.9 cm³/mol. The monoisotopic (exact) mass is 226 g/mol. The van der Waals surface area contributed by atoms with Gasteiger partial charge in [-0.3, -0.25) is 0 Å². The SMILES string of the molecule is CC.Cc1sc(C(C)C)c2ccsc12. The standard InChI is InChI=1S/C10H12S2.C2H6/c1-6(2)9-8-4-5-11-10(8)7(3)12-9;1-2/h4-6H,1-3H3;1-2H3. The van der Waals surface area contributed by atoms with Crippen molar-refractivity contribution in [1.82, 2.24) is 0 Å². The van der Waals surface area contributed by atoms with Gasteiger partial charge in [-0.2, -0.15) is 0 Å². The summed E-state index contributed by atoms with van der Waals surface area (Å²) in [6, 6.07) is 2.25. The quantitative estimate of drug-likeness (QED) is 0.609. The minimum atomic E-state index is 0.667. The molecule has 0 bridgehead atoms. The fourth-order valence-corrected chi connectivity index (χ4v) is 3.66. The van der Waals surface area contributed by atoms with E-state index in [1.54, 1.807) is 4.88 Å². The maximum absolute atomic E-state index is 2.27. The molecule has 0 unspecified atom stereocenters.